The van der Waals surface area contributed by atoms with Crippen LogP contribution in [0.4, 0.5) is 0 Å². The Balaban J connectivity index is 2.73. The van der Waals surface area contributed by atoms with Crippen molar-refractivity contribution < 1.29 is 13.2 Å². The van der Waals surface area contributed by atoms with E-state index >= 15 is 0 Å². The van der Waals surface area contributed by atoms with E-state index in [2.05, 4.69) is 5.32 Å². The number of carbonyl (C=O) groups excluding carboxylic acids is 1. The lowest BCUT2D eigenvalue weighted by Crippen LogP contribution is -2.49. The summed E-state index contributed by atoms with van der Waals surface area (Å²) in [6.07, 6.45) is 1.58. The van der Waals surface area contributed by atoms with Crippen molar-refractivity contribution in [3.05, 3.63) is 0 Å². The smallest absolute Gasteiger partial charge is 0.241 e. The standard InChI is InChI=1S/C11H23N3O3S/c1-9(11(15)13(3)4)18(16,17)14-7-5-10(12-2)6-8-14/h9-10,12H,5-8H2,1-4H3. The Morgan fingerprint density at radius 3 is 2.22 bits per heavy atom. The molecule has 1 N–H and O–H groups in total. The third kappa shape index (κ3) is 3.21. The number of hydrogen-bond acceptors (Lipinski definition) is 4. The summed E-state index contributed by atoms with van der Waals surface area (Å²) in [7, 11) is 1.50. The zero-order chi connectivity index (χ0) is 13.9. The lowest BCUT2D eigenvalue weighted by molar-refractivity contribution is -0.128. The van der Waals surface area contributed by atoms with Gasteiger partial charge in [0, 0.05) is 33.2 Å². The van der Waals surface area contributed by atoms with Gasteiger partial charge < -0.3 is 10.2 Å². The molecule has 0 bridgehead atoms. The summed E-state index contributed by atoms with van der Waals surface area (Å²) in [4.78, 5) is 13.1. The highest BCUT2D eigenvalue weighted by atomic mass is 32.2. The molecule has 1 unspecified atom stereocenters. The Morgan fingerprint density at radius 2 is 1.83 bits per heavy atom. The molecule has 1 atom stereocenters. The van der Waals surface area contributed by atoms with Crippen molar-refractivity contribution in [3.8, 4) is 0 Å². The average Bonchev–Trinajstić information content (AvgIpc) is 2.36. The first kappa shape index (κ1) is 15.4. The SMILES string of the molecule is CNC1CCN(S(=O)(=O)C(C)C(=O)N(C)C)CC1. The number of piperidine rings is 1. The van der Waals surface area contributed by atoms with E-state index in [1.54, 1.807) is 14.1 Å². The molecule has 0 aliphatic carbocycles. The number of amides is 1. The van der Waals surface area contributed by atoms with E-state index in [9.17, 15) is 13.2 Å². The van der Waals surface area contributed by atoms with Gasteiger partial charge in [0.1, 0.15) is 0 Å². The van der Waals surface area contributed by atoms with Gasteiger partial charge in [-0.1, -0.05) is 0 Å². The van der Waals surface area contributed by atoms with Crippen molar-refractivity contribution in [1.82, 2.24) is 14.5 Å². The molecule has 106 valence electrons. The fourth-order valence-electron chi connectivity index (χ4n) is 2.11. The second kappa shape index (κ2) is 5.99. The van der Waals surface area contributed by atoms with Crippen LogP contribution < -0.4 is 5.32 Å². The quantitative estimate of drug-likeness (QED) is 0.750. The van der Waals surface area contributed by atoms with E-state index < -0.39 is 15.3 Å². The molecule has 0 aromatic heterocycles. The number of hydrogen-bond donors (Lipinski definition) is 1. The Morgan fingerprint density at radius 1 is 1.33 bits per heavy atom. The number of carbonyl (C=O) groups is 1. The lowest BCUT2D eigenvalue weighted by atomic mass is 10.1. The highest BCUT2D eigenvalue weighted by Crippen LogP contribution is 2.18. The molecule has 0 saturated carbocycles. The van der Waals surface area contributed by atoms with Crippen molar-refractivity contribution in [2.45, 2.75) is 31.1 Å². The summed E-state index contributed by atoms with van der Waals surface area (Å²) in [5.41, 5.74) is 0. The van der Waals surface area contributed by atoms with Crippen LogP contribution in [0.5, 0.6) is 0 Å². The molecule has 1 heterocycles. The van der Waals surface area contributed by atoms with Gasteiger partial charge in [-0.25, -0.2) is 12.7 Å². The predicted octanol–water partition coefficient (Wildman–Crippen LogP) is -0.523. The third-order valence-electron chi connectivity index (χ3n) is 3.46. The first-order valence-corrected chi connectivity index (χ1v) is 7.68. The van der Waals surface area contributed by atoms with Crippen molar-refractivity contribution >= 4 is 15.9 Å². The zero-order valence-corrected chi connectivity index (χ0v) is 12.3. The Bertz CT molecular complexity index is 386. The number of nitrogens with one attached hydrogen (secondary N) is 1. The summed E-state index contributed by atoms with van der Waals surface area (Å²) in [6.45, 7) is 2.43. The lowest BCUT2D eigenvalue weighted by Gasteiger charge is -2.32. The van der Waals surface area contributed by atoms with Gasteiger partial charge in [0.25, 0.3) is 0 Å². The number of rotatable bonds is 4. The van der Waals surface area contributed by atoms with Crippen LogP contribution in [-0.4, -0.2) is 69.1 Å². The second-order valence-electron chi connectivity index (χ2n) is 4.88. The van der Waals surface area contributed by atoms with E-state index in [1.807, 2.05) is 7.05 Å². The highest BCUT2D eigenvalue weighted by Gasteiger charge is 2.36. The van der Waals surface area contributed by atoms with Crippen molar-refractivity contribution in [3.63, 3.8) is 0 Å². The zero-order valence-electron chi connectivity index (χ0n) is 11.5. The van der Waals surface area contributed by atoms with Gasteiger partial charge >= 0.3 is 0 Å². The van der Waals surface area contributed by atoms with Gasteiger partial charge in [0.15, 0.2) is 5.25 Å². The van der Waals surface area contributed by atoms with E-state index in [-0.39, 0.29) is 5.91 Å². The molecule has 1 aliphatic heterocycles. The molecule has 1 fully saturated rings. The average molecular weight is 277 g/mol. The van der Waals surface area contributed by atoms with E-state index in [0.29, 0.717) is 19.1 Å². The summed E-state index contributed by atoms with van der Waals surface area (Å²) in [6, 6.07) is 0.372. The monoisotopic (exact) mass is 277 g/mol. The van der Waals surface area contributed by atoms with Crippen molar-refractivity contribution in [1.29, 1.82) is 0 Å². The summed E-state index contributed by atoms with van der Waals surface area (Å²) >= 11 is 0. The largest absolute Gasteiger partial charge is 0.348 e. The van der Waals surface area contributed by atoms with Crippen molar-refractivity contribution in [2.75, 3.05) is 34.2 Å². The molecular formula is C11H23N3O3S. The van der Waals surface area contributed by atoms with Crippen LogP contribution in [-0.2, 0) is 14.8 Å². The second-order valence-corrected chi connectivity index (χ2v) is 7.14. The van der Waals surface area contributed by atoms with Crippen LogP contribution >= 0.6 is 0 Å². The van der Waals surface area contributed by atoms with Gasteiger partial charge in [-0.3, -0.25) is 4.79 Å². The van der Waals surface area contributed by atoms with E-state index in [1.165, 1.54) is 16.1 Å². The topological polar surface area (TPSA) is 69.7 Å². The van der Waals surface area contributed by atoms with Gasteiger partial charge in [0.2, 0.25) is 15.9 Å². The molecule has 1 amide bonds. The van der Waals surface area contributed by atoms with Crippen LogP contribution in [0.1, 0.15) is 19.8 Å². The first-order valence-electron chi connectivity index (χ1n) is 6.18. The molecule has 7 heteroatoms. The molecule has 6 nitrogen and oxygen atoms in total. The van der Waals surface area contributed by atoms with E-state index in [0.717, 1.165) is 12.8 Å². The Hall–Kier alpha value is -0.660. The molecule has 0 radical (unpaired) electrons. The van der Waals surface area contributed by atoms with Gasteiger partial charge in [-0.2, -0.15) is 0 Å². The minimum absolute atomic E-state index is 0.370. The predicted molar refractivity (Wildman–Crippen MR) is 70.7 cm³/mol. The Labute approximate surface area is 109 Å². The van der Waals surface area contributed by atoms with E-state index in [4.69, 9.17) is 0 Å². The summed E-state index contributed by atoms with van der Waals surface area (Å²) in [5.74, 6) is -0.370. The molecule has 0 spiro atoms. The molecule has 1 aliphatic rings. The fourth-order valence-corrected chi connectivity index (χ4v) is 3.75. The number of sulfonamides is 1. The molecule has 0 aromatic carbocycles. The molecule has 0 aromatic rings. The minimum Gasteiger partial charge on any atom is -0.348 e. The summed E-state index contributed by atoms with van der Waals surface area (Å²) in [5, 5.41) is 2.15. The number of nitrogens with zero attached hydrogens (tertiary/aromatic N) is 2. The molecule has 1 saturated heterocycles. The normalized spacial score (nSPS) is 20.7. The van der Waals surface area contributed by atoms with Crippen LogP contribution in [0.25, 0.3) is 0 Å². The summed E-state index contributed by atoms with van der Waals surface area (Å²) < 4.78 is 26.0. The molecule has 1 rings (SSSR count). The minimum atomic E-state index is -3.52. The van der Waals surface area contributed by atoms with Gasteiger partial charge in [-0.05, 0) is 26.8 Å². The van der Waals surface area contributed by atoms with Crippen LogP contribution in [0.15, 0.2) is 0 Å². The van der Waals surface area contributed by atoms with Gasteiger partial charge in [-0.15, -0.1) is 0 Å². The van der Waals surface area contributed by atoms with Crippen LogP contribution in [0, 0.1) is 0 Å². The van der Waals surface area contributed by atoms with Crippen molar-refractivity contribution in [2.24, 2.45) is 0 Å². The first-order chi connectivity index (χ1) is 8.30. The fraction of sp³-hybridized carbons (Fsp3) is 0.909. The molecule has 18 heavy (non-hydrogen) atoms. The highest BCUT2D eigenvalue weighted by molar-refractivity contribution is 7.90. The van der Waals surface area contributed by atoms with Crippen LogP contribution in [0.3, 0.4) is 0 Å². The third-order valence-corrected chi connectivity index (χ3v) is 5.64. The molecular weight excluding hydrogens is 254 g/mol. The maximum absolute atomic E-state index is 12.3. The van der Waals surface area contributed by atoms with Crippen LogP contribution in [0.2, 0.25) is 0 Å². The Kier molecular flexibility index (Phi) is 5.12. The van der Waals surface area contributed by atoms with Gasteiger partial charge in [0.05, 0.1) is 0 Å². The maximum Gasteiger partial charge on any atom is 0.241 e. The maximum atomic E-state index is 12.3.